The Labute approximate surface area is 128 Å². The fourth-order valence-corrected chi connectivity index (χ4v) is 3.69. The molecule has 1 aromatic heterocycles. The quantitative estimate of drug-likeness (QED) is 0.919. The van der Waals surface area contributed by atoms with Gasteiger partial charge >= 0.3 is 5.97 Å². The predicted octanol–water partition coefficient (Wildman–Crippen LogP) is 4.22. The highest BCUT2D eigenvalue weighted by atomic mass is 32.1. The van der Waals surface area contributed by atoms with Crippen LogP contribution >= 0.6 is 11.3 Å². The molecular formula is C16H20FNO2S. The third-order valence-corrected chi connectivity index (χ3v) is 4.32. The van der Waals surface area contributed by atoms with Gasteiger partial charge in [-0.2, -0.15) is 0 Å². The van der Waals surface area contributed by atoms with E-state index in [0.29, 0.717) is 22.2 Å². The molecule has 0 unspecified atom stereocenters. The van der Waals surface area contributed by atoms with E-state index in [1.807, 2.05) is 11.9 Å². The van der Waals surface area contributed by atoms with E-state index in [9.17, 15) is 14.3 Å². The zero-order valence-corrected chi connectivity index (χ0v) is 13.6. The summed E-state index contributed by atoms with van der Waals surface area (Å²) in [5.41, 5.74) is 0.676. The zero-order chi connectivity index (χ0) is 15.8. The molecule has 0 bridgehead atoms. The van der Waals surface area contributed by atoms with Crippen molar-refractivity contribution in [3.05, 3.63) is 34.5 Å². The van der Waals surface area contributed by atoms with Gasteiger partial charge in [0, 0.05) is 28.7 Å². The molecule has 0 saturated carbocycles. The maximum absolute atomic E-state index is 14.1. The van der Waals surface area contributed by atoms with Crippen LogP contribution in [0.1, 0.15) is 36.0 Å². The minimum atomic E-state index is -0.991. The molecule has 1 N–H and O–H groups in total. The maximum Gasteiger partial charge on any atom is 0.346 e. The highest BCUT2D eigenvalue weighted by Crippen LogP contribution is 2.34. The van der Waals surface area contributed by atoms with Crippen LogP contribution in [0, 0.1) is 11.2 Å². The molecule has 1 heterocycles. The molecule has 0 radical (unpaired) electrons. The van der Waals surface area contributed by atoms with Crippen molar-refractivity contribution in [1.82, 2.24) is 4.90 Å². The second-order valence-corrected chi connectivity index (χ2v) is 7.61. The average molecular weight is 309 g/mol. The summed E-state index contributed by atoms with van der Waals surface area (Å²) in [7, 11) is 1.93. The fourth-order valence-electron chi connectivity index (χ4n) is 2.63. The van der Waals surface area contributed by atoms with Crippen LogP contribution in [0.15, 0.2) is 18.2 Å². The molecule has 0 saturated heterocycles. The summed E-state index contributed by atoms with van der Waals surface area (Å²) in [6, 6.07) is 4.76. The first kappa shape index (κ1) is 15.9. The van der Waals surface area contributed by atoms with E-state index in [1.165, 1.54) is 6.07 Å². The van der Waals surface area contributed by atoms with Gasteiger partial charge < -0.3 is 10.0 Å². The molecule has 21 heavy (non-hydrogen) atoms. The normalized spacial score (nSPS) is 12.3. The van der Waals surface area contributed by atoms with E-state index in [0.717, 1.165) is 17.9 Å². The Balaban J connectivity index is 2.46. The fraction of sp³-hybridized carbons (Fsp3) is 0.438. The van der Waals surface area contributed by atoms with Gasteiger partial charge in [-0.25, -0.2) is 9.18 Å². The van der Waals surface area contributed by atoms with Gasteiger partial charge in [0.1, 0.15) is 10.7 Å². The van der Waals surface area contributed by atoms with Crippen LogP contribution in [0.2, 0.25) is 0 Å². The molecule has 0 aliphatic rings. The van der Waals surface area contributed by atoms with Crippen molar-refractivity contribution in [2.75, 3.05) is 13.6 Å². The Hall–Kier alpha value is -1.46. The standard InChI is InChI=1S/C16H20FNO2S/c1-16(2,3)9-18(4)8-10-13-11(17)6-5-7-12(13)21-14(10)15(19)20/h5-7H,8-9H2,1-4H3,(H,19,20). The van der Waals surface area contributed by atoms with Crippen molar-refractivity contribution in [1.29, 1.82) is 0 Å². The van der Waals surface area contributed by atoms with Gasteiger partial charge in [-0.15, -0.1) is 11.3 Å². The van der Waals surface area contributed by atoms with Crippen LogP contribution in [0.25, 0.3) is 10.1 Å². The van der Waals surface area contributed by atoms with Gasteiger partial charge in [-0.3, -0.25) is 0 Å². The molecule has 0 aliphatic heterocycles. The summed E-state index contributed by atoms with van der Waals surface area (Å²) >= 11 is 1.14. The van der Waals surface area contributed by atoms with Crippen molar-refractivity contribution in [2.24, 2.45) is 5.41 Å². The summed E-state index contributed by atoms with van der Waals surface area (Å²) in [5, 5.41) is 9.82. The van der Waals surface area contributed by atoms with E-state index in [2.05, 4.69) is 20.8 Å². The Kier molecular flexibility index (Phi) is 4.35. The predicted molar refractivity (Wildman–Crippen MR) is 84.5 cm³/mol. The van der Waals surface area contributed by atoms with Crippen molar-refractivity contribution in [3.63, 3.8) is 0 Å². The minimum absolute atomic E-state index is 0.0997. The van der Waals surface area contributed by atoms with E-state index in [4.69, 9.17) is 0 Å². The minimum Gasteiger partial charge on any atom is -0.477 e. The summed E-state index contributed by atoms with van der Waals surface area (Å²) in [5.74, 6) is -1.34. The van der Waals surface area contributed by atoms with Gasteiger partial charge in [-0.1, -0.05) is 26.8 Å². The Morgan fingerprint density at radius 1 is 1.38 bits per heavy atom. The Morgan fingerprint density at radius 2 is 2.05 bits per heavy atom. The average Bonchev–Trinajstić information content (AvgIpc) is 2.67. The largest absolute Gasteiger partial charge is 0.477 e. The van der Waals surface area contributed by atoms with Crippen molar-refractivity contribution in [3.8, 4) is 0 Å². The van der Waals surface area contributed by atoms with Gasteiger partial charge in [0.25, 0.3) is 0 Å². The molecule has 0 aliphatic carbocycles. The number of hydrogen-bond acceptors (Lipinski definition) is 3. The number of nitrogens with zero attached hydrogens (tertiary/aromatic N) is 1. The summed E-state index contributed by atoms with van der Waals surface area (Å²) in [4.78, 5) is 13.7. The molecule has 114 valence electrons. The van der Waals surface area contributed by atoms with Crippen LogP contribution in [-0.2, 0) is 6.54 Å². The van der Waals surface area contributed by atoms with Gasteiger partial charge in [0.05, 0.1) is 0 Å². The number of carboxylic acids is 1. The number of fused-ring (bicyclic) bond motifs is 1. The molecule has 3 nitrogen and oxygen atoms in total. The first-order valence-electron chi connectivity index (χ1n) is 6.81. The lowest BCUT2D eigenvalue weighted by molar-refractivity contribution is 0.0700. The molecule has 1 aromatic carbocycles. The van der Waals surface area contributed by atoms with Crippen LogP contribution in [-0.4, -0.2) is 29.6 Å². The van der Waals surface area contributed by atoms with Crippen molar-refractivity contribution < 1.29 is 14.3 Å². The molecule has 2 rings (SSSR count). The van der Waals surface area contributed by atoms with Crippen LogP contribution in [0.4, 0.5) is 4.39 Å². The van der Waals surface area contributed by atoms with Gasteiger partial charge in [0.2, 0.25) is 0 Å². The number of benzene rings is 1. The number of aromatic carboxylic acids is 1. The Bertz CT molecular complexity index is 673. The number of hydrogen-bond donors (Lipinski definition) is 1. The lowest BCUT2D eigenvalue weighted by atomic mass is 9.96. The number of rotatable bonds is 4. The van der Waals surface area contributed by atoms with E-state index in [-0.39, 0.29) is 16.1 Å². The second-order valence-electron chi connectivity index (χ2n) is 6.56. The molecule has 2 aromatic rings. The first-order chi connectivity index (χ1) is 9.69. The monoisotopic (exact) mass is 309 g/mol. The summed E-state index contributed by atoms with van der Waals surface area (Å²) in [6.45, 7) is 7.59. The highest BCUT2D eigenvalue weighted by Gasteiger charge is 2.22. The van der Waals surface area contributed by atoms with Crippen LogP contribution < -0.4 is 0 Å². The molecule has 0 amide bonds. The topological polar surface area (TPSA) is 40.5 Å². The number of thiophene rings is 1. The molecule has 0 fully saturated rings. The smallest absolute Gasteiger partial charge is 0.346 e. The number of carbonyl (C=O) groups is 1. The van der Waals surface area contributed by atoms with Crippen molar-refractivity contribution in [2.45, 2.75) is 27.3 Å². The SMILES string of the molecule is CN(Cc1c(C(=O)O)sc2cccc(F)c12)CC(C)(C)C. The van der Waals surface area contributed by atoms with Crippen LogP contribution in [0.5, 0.6) is 0 Å². The number of halogens is 1. The van der Waals surface area contributed by atoms with Crippen molar-refractivity contribution >= 4 is 27.4 Å². The second kappa shape index (κ2) is 5.73. The van der Waals surface area contributed by atoms with Gasteiger partial charge in [-0.05, 0) is 24.6 Å². The molecule has 5 heteroatoms. The van der Waals surface area contributed by atoms with E-state index in [1.54, 1.807) is 12.1 Å². The molecule has 0 atom stereocenters. The van der Waals surface area contributed by atoms with Crippen LogP contribution in [0.3, 0.4) is 0 Å². The highest BCUT2D eigenvalue weighted by molar-refractivity contribution is 7.21. The third kappa shape index (κ3) is 3.60. The number of carboxylic acid groups (broad SMARTS) is 1. The summed E-state index contributed by atoms with van der Waals surface area (Å²) < 4.78 is 14.8. The first-order valence-corrected chi connectivity index (χ1v) is 7.62. The maximum atomic E-state index is 14.1. The molecule has 0 spiro atoms. The van der Waals surface area contributed by atoms with E-state index >= 15 is 0 Å². The molecular weight excluding hydrogens is 289 g/mol. The third-order valence-electron chi connectivity index (χ3n) is 3.13. The zero-order valence-electron chi connectivity index (χ0n) is 12.7. The Morgan fingerprint density at radius 3 is 2.62 bits per heavy atom. The van der Waals surface area contributed by atoms with Gasteiger partial charge in [0.15, 0.2) is 0 Å². The summed E-state index contributed by atoms with van der Waals surface area (Å²) in [6.07, 6.45) is 0. The van der Waals surface area contributed by atoms with E-state index < -0.39 is 5.97 Å². The lowest BCUT2D eigenvalue weighted by Crippen LogP contribution is -2.29. The lowest BCUT2D eigenvalue weighted by Gasteiger charge is -2.26.